The van der Waals surface area contributed by atoms with Crippen molar-refractivity contribution in [3.8, 4) is 0 Å². The normalized spacial score (nSPS) is 13.3. The second-order valence-electron chi connectivity index (χ2n) is 4.87. The Hall–Kier alpha value is -2.23. The second kappa shape index (κ2) is 8.04. The van der Waals surface area contributed by atoms with Gasteiger partial charge in [-0.25, -0.2) is 22.7 Å². The Labute approximate surface area is 140 Å². The number of benzene rings is 1. The van der Waals surface area contributed by atoms with Gasteiger partial charge in [0.05, 0.1) is 22.9 Å². The Morgan fingerprint density at radius 2 is 2.08 bits per heavy atom. The second-order valence-corrected chi connectivity index (χ2v) is 6.31. The van der Waals surface area contributed by atoms with E-state index in [9.17, 15) is 17.8 Å². The van der Waals surface area contributed by atoms with E-state index in [1.807, 2.05) is 0 Å². The zero-order valence-electron chi connectivity index (χ0n) is 12.8. The largest absolute Gasteiger partial charge is 0.323 e. The average Bonchev–Trinajstić information content (AvgIpc) is 2.56. The summed E-state index contributed by atoms with van der Waals surface area (Å²) in [4.78, 5) is 15.7. The molecule has 0 radical (unpaired) electrons. The van der Waals surface area contributed by atoms with Crippen LogP contribution in [-0.4, -0.2) is 27.9 Å². The Morgan fingerprint density at radius 1 is 1.33 bits per heavy atom. The smallest absolute Gasteiger partial charge is 0.274 e. The summed E-state index contributed by atoms with van der Waals surface area (Å²) in [6.07, 6.45) is 0.925. The number of hydrogen-bond acceptors (Lipinski definition) is 4. The van der Waals surface area contributed by atoms with Crippen LogP contribution in [0.4, 0.5) is 14.5 Å². The Morgan fingerprint density at radius 3 is 2.71 bits per heavy atom. The highest BCUT2D eigenvalue weighted by molar-refractivity contribution is 7.83. The van der Waals surface area contributed by atoms with Crippen LogP contribution < -0.4 is 15.8 Å². The van der Waals surface area contributed by atoms with E-state index in [0.717, 1.165) is 18.3 Å². The first-order valence-electron chi connectivity index (χ1n) is 6.94. The van der Waals surface area contributed by atoms with E-state index in [1.54, 1.807) is 0 Å². The van der Waals surface area contributed by atoms with Gasteiger partial charge >= 0.3 is 0 Å². The number of halogens is 2. The lowest BCUT2D eigenvalue weighted by molar-refractivity contribution is 0.102. The minimum Gasteiger partial charge on any atom is -0.323 e. The van der Waals surface area contributed by atoms with Crippen LogP contribution in [0, 0.1) is 11.6 Å². The van der Waals surface area contributed by atoms with Crippen molar-refractivity contribution in [3.05, 3.63) is 59.4 Å². The van der Waals surface area contributed by atoms with Gasteiger partial charge in [-0.1, -0.05) is 0 Å². The lowest BCUT2D eigenvalue weighted by Gasteiger charge is -2.14. The molecule has 128 valence electrons. The fourth-order valence-electron chi connectivity index (χ4n) is 1.95. The maximum atomic E-state index is 13.9. The molecule has 1 aromatic carbocycles. The van der Waals surface area contributed by atoms with Crippen LogP contribution in [0.15, 0.2) is 36.5 Å². The monoisotopic (exact) mass is 354 g/mol. The summed E-state index contributed by atoms with van der Waals surface area (Å²) in [6, 6.07) is 5.43. The van der Waals surface area contributed by atoms with Gasteiger partial charge < -0.3 is 11.1 Å². The molecular formula is C15H16F2N4O2S. The minimum absolute atomic E-state index is 0.0165. The molecule has 0 spiro atoms. The third-order valence-corrected chi connectivity index (χ3v) is 4.29. The molecule has 2 aromatic rings. The van der Waals surface area contributed by atoms with Crippen LogP contribution in [0.3, 0.4) is 0 Å². The Balaban J connectivity index is 2.16. The number of nitrogens with one attached hydrogen (secondary N) is 2. The third kappa shape index (κ3) is 4.63. The van der Waals surface area contributed by atoms with Gasteiger partial charge in [0, 0.05) is 17.3 Å². The first kappa shape index (κ1) is 18.1. The zero-order chi connectivity index (χ0) is 17.7. The SMILES string of the molecule is CNS(=O)CC(N)c1cc(NC(=O)c2ccc(F)cn2)ccc1F. The molecule has 0 fully saturated rings. The van der Waals surface area contributed by atoms with Gasteiger partial charge in [-0.15, -0.1) is 0 Å². The molecular weight excluding hydrogens is 338 g/mol. The van der Waals surface area contributed by atoms with Crippen molar-refractivity contribution in [3.63, 3.8) is 0 Å². The molecule has 24 heavy (non-hydrogen) atoms. The van der Waals surface area contributed by atoms with E-state index >= 15 is 0 Å². The fourth-order valence-corrected chi connectivity index (χ4v) is 2.62. The van der Waals surface area contributed by atoms with Gasteiger partial charge in [-0.05, 0) is 37.4 Å². The Kier molecular flexibility index (Phi) is 6.07. The molecule has 2 rings (SSSR count). The molecule has 1 aromatic heterocycles. The van der Waals surface area contributed by atoms with Gasteiger partial charge in [0.15, 0.2) is 0 Å². The van der Waals surface area contributed by atoms with Gasteiger partial charge in [-0.3, -0.25) is 4.79 Å². The van der Waals surface area contributed by atoms with Gasteiger partial charge in [0.25, 0.3) is 5.91 Å². The van der Waals surface area contributed by atoms with Crippen molar-refractivity contribution in [1.82, 2.24) is 9.71 Å². The quantitative estimate of drug-likeness (QED) is 0.732. The molecule has 0 saturated carbocycles. The van der Waals surface area contributed by atoms with Gasteiger partial charge in [0.2, 0.25) is 0 Å². The van der Waals surface area contributed by atoms with E-state index in [0.29, 0.717) is 5.69 Å². The first-order chi connectivity index (χ1) is 11.4. The summed E-state index contributed by atoms with van der Waals surface area (Å²) in [5.74, 6) is -1.67. The maximum Gasteiger partial charge on any atom is 0.274 e. The number of amides is 1. The molecule has 1 amide bonds. The van der Waals surface area contributed by atoms with Gasteiger partial charge in [0.1, 0.15) is 17.3 Å². The van der Waals surface area contributed by atoms with Crippen molar-refractivity contribution in [1.29, 1.82) is 0 Å². The number of nitrogens with two attached hydrogens (primary N) is 1. The first-order valence-corrected chi connectivity index (χ1v) is 8.26. The highest BCUT2D eigenvalue weighted by Gasteiger charge is 2.16. The van der Waals surface area contributed by atoms with E-state index in [4.69, 9.17) is 5.73 Å². The predicted molar refractivity (Wildman–Crippen MR) is 87.5 cm³/mol. The molecule has 0 aliphatic heterocycles. The maximum absolute atomic E-state index is 13.9. The van der Waals surface area contributed by atoms with Crippen molar-refractivity contribution in [2.24, 2.45) is 5.73 Å². The van der Waals surface area contributed by atoms with Gasteiger partial charge in [-0.2, -0.15) is 0 Å². The number of carbonyl (C=O) groups excluding carboxylic acids is 1. The van der Waals surface area contributed by atoms with Crippen LogP contribution >= 0.6 is 0 Å². The Bertz CT molecular complexity index is 756. The summed E-state index contributed by atoms with van der Waals surface area (Å²) in [5.41, 5.74) is 6.30. The van der Waals surface area contributed by atoms with E-state index in [-0.39, 0.29) is 17.0 Å². The molecule has 0 bridgehead atoms. The topological polar surface area (TPSA) is 97.1 Å². The van der Waals surface area contributed by atoms with Crippen molar-refractivity contribution in [2.45, 2.75) is 6.04 Å². The number of anilines is 1. The summed E-state index contributed by atoms with van der Waals surface area (Å²) in [7, 11) is 0.116. The zero-order valence-corrected chi connectivity index (χ0v) is 13.6. The minimum atomic E-state index is -1.39. The number of nitrogens with zero attached hydrogens (tertiary/aromatic N) is 1. The molecule has 4 N–H and O–H groups in total. The standard InChI is InChI=1S/C15H16F2N4O2S/c1-19-24(23)8-13(18)11-6-10(3-4-12(11)17)21-15(22)14-5-2-9(16)7-20-14/h2-7,13,19H,8,18H2,1H3,(H,21,22). The van der Waals surface area contributed by atoms with Crippen molar-refractivity contribution < 1.29 is 17.8 Å². The molecule has 0 saturated heterocycles. The molecule has 9 heteroatoms. The van der Waals surface area contributed by atoms with E-state index in [1.165, 1.54) is 25.2 Å². The lowest BCUT2D eigenvalue weighted by atomic mass is 10.1. The lowest BCUT2D eigenvalue weighted by Crippen LogP contribution is -2.25. The highest BCUT2D eigenvalue weighted by Crippen LogP contribution is 2.21. The molecule has 0 aliphatic carbocycles. The van der Waals surface area contributed by atoms with Crippen LogP contribution in [0.5, 0.6) is 0 Å². The average molecular weight is 354 g/mol. The number of hydrogen-bond donors (Lipinski definition) is 3. The summed E-state index contributed by atoms with van der Waals surface area (Å²) >= 11 is 0. The highest BCUT2D eigenvalue weighted by atomic mass is 32.2. The molecule has 0 aliphatic rings. The van der Waals surface area contributed by atoms with Crippen LogP contribution in [0.25, 0.3) is 0 Å². The summed E-state index contributed by atoms with van der Waals surface area (Å²) in [5, 5.41) is 2.53. The molecule has 6 nitrogen and oxygen atoms in total. The molecule has 1 heterocycles. The third-order valence-electron chi connectivity index (χ3n) is 3.17. The molecule has 2 atom stereocenters. The summed E-state index contributed by atoms with van der Waals surface area (Å²) < 4.78 is 40.7. The predicted octanol–water partition coefficient (Wildman–Crippen LogP) is 1.49. The number of aromatic nitrogens is 1. The summed E-state index contributed by atoms with van der Waals surface area (Å²) in [6.45, 7) is 0. The number of rotatable bonds is 6. The number of pyridine rings is 1. The van der Waals surface area contributed by atoms with E-state index in [2.05, 4.69) is 15.0 Å². The van der Waals surface area contributed by atoms with Crippen LogP contribution in [-0.2, 0) is 11.0 Å². The van der Waals surface area contributed by atoms with Crippen LogP contribution in [0.1, 0.15) is 22.1 Å². The van der Waals surface area contributed by atoms with E-state index < -0.39 is 34.6 Å². The van der Waals surface area contributed by atoms with Crippen LogP contribution in [0.2, 0.25) is 0 Å². The number of carbonyl (C=O) groups is 1. The van der Waals surface area contributed by atoms with Crippen molar-refractivity contribution >= 4 is 22.6 Å². The fraction of sp³-hybridized carbons (Fsp3) is 0.200. The molecule has 2 unspecified atom stereocenters. The van der Waals surface area contributed by atoms with Crippen molar-refractivity contribution in [2.75, 3.05) is 18.1 Å².